The lowest BCUT2D eigenvalue weighted by Crippen LogP contribution is -2.17. The van der Waals surface area contributed by atoms with Crippen molar-refractivity contribution in [3.05, 3.63) is 59.9 Å². The van der Waals surface area contributed by atoms with E-state index in [9.17, 15) is 0 Å². The average Bonchev–Trinajstić information content (AvgIpc) is 3.33. The molecule has 3 rings (SSSR count). The van der Waals surface area contributed by atoms with Crippen LogP contribution in [-0.4, -0.2) is 18.1 Å². The van der Waals surface area contributed by atoms with Gasteiger partial charge in [0.15, 0.2) is 0 Å². The second kappa shape index (κ2) is 6.72. The van der Waals surface area contributed by atoms with E-state index in [0.29, 0.717) is 12.1 Å². The van der Waals surface area contributed by atoms with Crippen LogP contribution in [0.4, 0.5) is 0 Å². The Kier molecular flexibility index (Phi) is 4.51. The van der Waals surface area contributed by atoms with Gasteiger partial charge in [-0.05, 0) is 68.1 Å². The highest BCUT2D eigenvalue weighted by molar-refractivity contribution is 5.31. The third-order valence-electron chi connectivity index (χ3n) is 3.91. The second-order valence-corrected chi connectivity index (χ2v) is 5.63. The molecule has 1 aliphatic carbocycles. The fourth-order valence-corrected chi connectivity index (χ4v) is 2.52. The van der Waals surface area contributed by atoms with Gasteiger partial charge in [0.1, 0.15) is 5.75 Å². The van der Waals surface area contributed by atoms with Gasteiger partial charge >= 0.3 is 0 Å². The SMILES string of the molecule is CNC(CCc1ccncc1)c1cccc(OC2CC2)c1. The van der Waals surface area contributed by atoms with Crippen molar-refractivity contribution in [3.63, 3.8) is 0 Å². The summed E-state index contributed by atoms with van der Waals surface area (Å²) in [7, 11) is 2.02. The van der Waals surface area contributed by atoms with Crippen molar-refractivity contribution in [1.29, 1.82) is 0 Å². The van der Waals surface area contributed by atoms with E-state index in [4.69, 9.17) is 4.74 Å². The van der Waals surface area contributed by atoms with E-state index in [0.717, 1.165) is 18.6 Å². The van der Waals surface area contributed by atoms with Crippen LogP contribution in [0.15, 0.2) is 48.8 Å². The van der Waals surface area contributed by atoms with Gasteiger partial charge in [0.2, 0.25) is 0 Å². The summed E-state index contributed by atoms with van der Waals surface area (Å²) in [5.74, 6) is 0.999. The third kappa shape index (κ3) is 4.05. The van der Waals surface area contributed by atoms with Crippen LogP contribution in [0.3, 0.4) is 0 Å². The van der Waals surface area contributed by atoms with Crippen molar-refractivity contribution >= 4 is 0 Å². The second-order valence-electron chi connectivity index (χ2n) is 5.63. The molecule has 1 heterocycles. The largest absolute Gasteiger partial charge is 0.490 e. The predicted octanol–water partition coefficient (Wildman–Crippen LogP) is 3.52. The summed E-state index contributed by atoms with van der Waals surface area (Å²) in [6.07, 6.45) is 8.66. The molecule has 0 saturated heterocycles. The summed E-state index contributed by atoms with van der Waals surface area (Å²) in [6.45, 7) is 0. The summed E-state index contributed by atoms with van der Waals surface area (Å²) < 4.78 is 5.89. The molecule has 1 fully saturated rings. The van der Waals surface area contributed by atoms with Crippen LogP contribution >= 0.6 is 0 Å². The smallest absolute Gasteiger partial charge is 0.120 e. The molecule has 1 unspecified atom stereocenters. The first-order valence-corrected chi connectivity index (χ1v) is 7.68. The van der Waals surface area contributed by atoms with E-state index in [1.165, 1.54) is 24.0 Å². The maximum atomic E-state index is 5.89. The molecular weight excluding hydrogens is 260 g/mol. The van der Waals surface area contributed by atoms with Gasteiger partial charge < -0.3 is 10.1 Å². The van der Waals surface area contributed by atoms with Gasteiger partial charge in [0.25, 0.3) is 0 Å². The minimum atomic E-state index is 0.348. The van der Waals surface area contributed by atoms with Crippen molar-refractivity contribution in [2.45, 2.75) is 37.8 Å². The molecule has 3 nitrogen and oxygen atoms in total. The molecule has 1 N–H and O–H groups in total. The molecule has 1 atom stereocenters. The molecule has 110 valence electrons. The molecule has 21 heavy (non-hydrogen) atoms. The number of benzene rings is 1. The summed E-state index contributed by atoms with van der Waals surface area (Å²) in [5.41, 5.74) is 2.63. The molecule has 2 aromatic rings. The number of aryl methyl sites for hydroxylation is 1. The number of aromatic nitrogens is 1. The standard InChI is InChI=1S/C18H22N2O/c1-19-18(8-5-14-9-11-20-12-10-14)15-3-2-4-17(13-15)21-16-6-7-16/h2-4,9-13,16,18-19H,5-8H2,1H3. The van der Waals surface area contributed by atoms with E-state index in [2.05, 4.69) is 46.7 Å². The average molecular weight is 282 g/mol. The minimum Gasteiger partial charge on any atom is -0.490 e. The van der Waals surface area contributed by atoms with Crippen molar-refractivity contribution < 1.29 is 4.74 Å². The van der Waals surface area contributed by atoms with E-state index in [1.54, 1.807) is 0 Å². The Labute approximate surface area is 126 Å². The van der Waals surface area contributed by atoms with Crippen LogP contribution in [0.1, 0.15) is 36.4 Å². The number of nitrogens with one attached hydrogen (secondary N) is 1. The van der Waals surface area contributed by atoms with Crippen molar-refractivity contribution in [1.82, 2.24) is 10.3 Å². The summed E-state index contributed by atoms with van der Waals surface area (Å²) in [5, 5.41) is 3.41. The summed E-state index contributed by atoms with van der Waals surface area (Å²) in [4.78, 5) is 4.06. The van der Waals surface area contributed by atoms with Gasteiger partial charge in [-0.25, -0.2) is 0 Å². The van der Waals surface area contributed by atoms with Crippen LogP contribution in [0.5, 0.6) is 5.75 Å². The third-order valence-corrected chi connectivity index (χ3v) is 3.91. The fraction of sp³-hybridized carbons (Fsp3) is 0.389. The molecule has 0 aliphatic heterocycles. The van der Waals surface area contributed by atoms with Gasteiger partial charge in [-0.3, -0.25) is 4.98 Å². The van der Waals surface area contributed by atoms with Crippen LogP contribution in [0.2, 0.25) is 0 Å². The highest BCUT2D eigenvalue weighted by atomic mass is 16.5. The van der Waals surface area contributed by atoms with Gasteiger partial charge in [-0.15, -0.1) is 0 Å². The molecule has 0 radical (unpaired) electrons. The lowest BCUT2D eigenvalue weighted by Gasteiger charge is -2.17. The first-order chi connectivity index (χ1) is 10.3. The Balaban J connectivity index is 1.64. The Morgan fingerprint density at radius 2 is 2.05 bits per heavy atom. The van der Waals surface area contributed by atoms with Gasteiger partial charge in [-0.1, -0.05) is 12.1 Å². The monoisotopic (exact) mass is 282 g/mol. The molecule has 0 spiro atoms. The van der Waals surface area contributed by atoms with E-state index >= 15 is 0 Å². The minimum absolute atomic E-state index is 0.348. The Morgan fingerprint density at radius 1 is 1.24 bits per heavy atom. The van der Waals surface area contributed by atoms with Crippen molar-refractivity contribution in [3.8, 4) is 5.75 Å². The fourth-order valence-electron chi connectivity index (χ4n) is 2.52. The maximum Gasteiger partial charge on any atom is 0.120 e. The predicted molar refractivity (Wildman–Crippen MR) is 84.5 cm³/mol. The Hall–Kier alpha value is -1.87. The molecule has 0 amide bonds. The van der Waals surface area contributed by atoms with Crippen molar-refractivity contribution in [2.24, 2.45) is 0 Å². The molecule has 1 aromatic carbocycles. The first kappa shape index (κ1) is 14.1. The topological polar surface area (TPSA) is 34.2 Å². The highest BCUT2D eigenvalue weighted by Crippen LogP contribution is 2.29. The van der Waals surface area contributed by atoms with Gasteiger partial charge in [0, 0.05) is 18.4 Å². The van der Waals surface area contributed by atoms with Crippen LogP contribution in [0.25, 0.3) is 0 Å². The lowest BCUT2D eigenvalue weighted by atomic mass is 9.99. The van der Waals surface area contributed by atoms with E-state index in [1.807, 2.05) is 19.4 Å². The number of rotatable bonds is 7. The normalized spacial score (nSPS) is 15.7. The molecule has 3 heteroatoms. The van der Waals surface area contributed by atoms with E-state index < -0.39 is 0 Å². The molecule has 1 aliphatic rings. The van der Waals surface area contributed by atoms with Crippen LogP contribution in [0, 0.1) is 0 Å². The Morgan fingerprint density at radius 3 is 2.76 bits per heavy atom. The number of ether oxygens (including phenoxy) is 1. The number of hydrogen-bond acceptors (Lipinski definition) is 3. The molecule has 1 saturated carbocycles. The lowest BCUT2D eigenvalue weighted by molar-refractivity contribution is 0.302. The van der Waals surface area contributed by atoms with E-state index in [-0.39, 0.29) is 0 Å². The van der Waals surface area contributed by atoms with Crippen LogP contribution < -0.4 is 10.1 Å². The summed E-state index contributed by atoms with van der Waals surface area (Å²) in [6, 6.07) is 13.0. The number of nitrogens with zero attached hydrogens (tertiary/aromatic N) is 1. The zero-order valence-corrected chi connectivity index (χ0v) is 12.5. The molecular formula is C18H22N2O. The molecule has 0 bridgehead atoms. The van der Waals surface area contributed by atoms with Gasteiger partial charge in [0.05, 0.1) is 6.10 Å². The zero-order valence-electron chi connectivity index (χ0n) is 12.5. The number of pyridine rings is 1. The van der Waals surface area contributed by atoms with Crippen LogP contribution in [-0.2, 0) is 6.42 Å². The highest BCUT2D eigenvalue weighted by Gasteiger charge is 2.23. The maximum absolute atomic E-state index is 5.89. The van der Waals surface area contributed by atoms with Crippen molar-refractivity contribution in [2.75, 3.05) is 7.05 Å². The quantitative estimate of drug-likeness (QED) is 0.843. The zero-order chi connectivity index (χ0) is 14.5. The first-order valence-electron chi connectivity index (χ1n) is 7.68. The Bertz CT molecular complexity index is 566. The molecule has 1 aromatic heterocycles. The van der Waals surface area contributed by atoms with Gasteiger partial charge in [-0.2, -0.15) is 0 Å². The number of hydrogen-bond donors (Lipinski definition) is 1. The summed E-state index contributed by atoms with van der Waals surface area (Å²) >= 11 is 0.